The van der Waals surface area contributed by atoms with Gasteiger partial charge in [0.25, 0.3) is 0 Å². The zero-order chi connectivity index (χ0) is 19.1. The molecule has 6 nitrogen and oxygen atoms in total. The predicted octanol–water partition coefficient (Wildman–Crippen LogP) is 3.86. The van der Waals surface area contributed by atoms with E-state index < -0.39 is 5.41 Å². The summed E-state index contributed by atoms with van der Waals surface area (Å²) in [5, 5.41) is 6.32. The Bertz CT molecular complexity index is 756. The van der Waals surface area contributed by atoms with E-state index in [1.807, 2.05) is 48.5 Å². The topological polar surface area (TPSA) is 68.8 Å². The molecule has 1 heterocycles. The highest BCUT2D eigenvalue weighted by Crippen LogP contribution is 2.33. The first-order valence-electron chi connectivity index (χ1n) is 9.09. The summed E-state index contributed by atoms with van der Waals surface area (Å²) in [6.07, 6.45) is 1.53. The van der Waals surface area contributed by atoms with Gasteiger partial charge in [-0.1, -0.05) is 12.1 Å². The van der Waals surface area contributed by atoms with E-state index in [1.54, 1.807) is 14.2 Å². The SMILES string of the molecule is COCC1(C(=O)Nc2ccc(Oc3ccccc3OC)cc2)CCNCC1.Cl. The summed E-state index contributed by atoms with van der Waals surface area (Å²) in [5.74, 6) is 1.99. The quantitative estimate of drug-likeness (QED) is 0.730. The van der Waals surface area contributed by atoms with Crippen LogP contribution in [0.5, 0.6) is 17.2 Å². The summed E-state index contributed by atoms with van der Waals surface area (Å²) >= 11 is 0. The van der Waals surface area contributed by atoms with Crippen molar-refractivity contribution in [2.24, 2.45) is 5.41 Å². The molecule has 1 amide bonds. The van der Waals surface area contributed by atoms with Crippen LogP contribution in [0.2, 0.25) is 0 Å². The number of rotatable bonds is 7. The number of carbonyl (C=O) groups excluding carboxylic acids is 1. The number of para-hydroxylation sites is 2. The first-order valence-corrected chi connectivity index (χ1v) is 9.09. The van der Waals surface area contributed by atoms with Crippen molar-refractivity contribution in [2.45, 2.75) is 12.8 Å². The van der Waals surface area contributed by atoms with Gasteiger partial charge in [0, 0.05) is 12.8 Å². The molecule has 152 valence electrons. The third-order valence-electron chi connectivity index (χ3n) is 4.87. The fourth-order valence-corrected chi connectivity index (χ4v) is 3.32. The molecule has 2 aromatic rings. The minimum Gasteiger partial charge on any atom is -0.493 e. The lowest BCUT2D eigenvalue weighted by Gasteiger charge is -2.35. The van der Waals surface area contributed by atoms with Crippen LogP contribution in [0.3, 0.4) is 0 Å². The molecule has 0 unspecified atom stereocenters. The first kappa shape index (κ1) is 22.0. The van der Waals surface area contributed by atoms with Gasteiger partial charge in [0.15, 0.2) is 11.5 Å². The molecular weight excluding hydrogens is 380 g/mol. The zero-order valence-electron chi connectivity index (χ0n) is 16.2. The smallest absolute Gasteiger partial charge is 0.233 e. The molecule has 0 atom stereocenters. The van der Waals surface area contributed by atoms with E-state index in [0.717, 1.165) is 31.6 Å². The maximum absolute atomic E-state index is 12.9. The number of piperidine rings is 1. The van der Waals surface area contributed by atoms with Crippen molar-refractivity contribution in [3.8, 4) is 17.2 Å². The van der Waals surface area contributed by atoms with Gasteiger partial charge in [-0.2, -0.15) is 0 Å². The molecule has 1 saturated heterocycles. The lowest BCUT2D eigenvalue weighted by molar-refractivity contribution is -0.130. The lowest BCUT2D eigenvalue weighted by atomic mass is 9.78. The Balaban J connectivity index is 0.00000280. The Morgan fingerprint density at radius 2 is 1.68 bits per heavy atom. The number of nitrogens with one attached hydrogen (secondary N) is 2. The number of methoxy groups -OCH3 is 2. The van der Waals surface area contributed by atoms with Crippen LogP contribution in [-0.4, -0.2) is 39.8 Å². The van der Waals surface area contributed by atoms with Gasteiger partial charge in [-0.05, 0) is 62.3 Å². The minimum absolute atomic E-state index is 0. The zero-order valence-corrected chi connectivity index (χ0v) is 17.0. The van der Waals surface area contributed by atoms with E-state index in [1.165, 1.54) is 0 Å². The number of amides is 1. The van der Waals surface area contributed by atoms with E-state index in [4.69, 9.17) is 14.2 Å². The number of hydrogen-bond acceptors (Lipinski definition) is 5. The number of carbonyl (C=O) groups is 1. The molecule has 0 radical (unpaired) electrons. The average Bonchev–Trinajstić information content (AvgIpc) is 2.71. The van der Waals surface area contributed by atoms with Crippen LogP contribution >= 0.6 is 12.4 Å². The van der Waals surface area contributed by atoms with E-state index >= 15 is 0 Å². The summed E-state index contributed by atoms with van der Waals surface area (Å²) in [4.78, 5) is 12.9. The molecule has 0 spiro atoms. The summed E-state index contributed by atoms with van der Waals surface area (Å²) < 4.78 is 16.5. The molecule has 1 aliphatic heterocycles. The van der Waals surface area contributed by atoms with Gasteiger partial charge in [-0.3, -0.25) is 4.79 Å². The number of halogens is 1. The van der Waals surface area contributed by atoms with Gasteiger partial charge in [0.05, 0.1) is 19.1 Å². The summed E-state index contributed by atoms with van der Waals surface area (Å²) in [7, 11) is 3.25. The maximum Gasteiger partial charge on any atom is 0.233 e. The molecule has 2 aromatic carbocycles. The van der Waals surface area contributed by atoms with Crippen LogP contribution in [0.15, 0.2) is 48.5 Å². The van der Waals surface area contributed by atoms with Crippen LogP contribution in [-0.2, 0) is 9.53 Å². The van der Waals surface area contributed by atoms with Crippen LogP contribution < -0.4 is 20.1 Å². The number of anilines is 1. The van der Waals surface area contributed by atoms with Crippen molar-refractivity contribution in [1.82, 2.24) is 5.32 Å². The summed E-state index contributed by atoms with van der Waals surface area (Å²) in [6.45, 7) is 2.07. The average molecular weight is 407 g/mol. The van der Waals surface area contributed by atoms with E-state index in [9.17, 15) is 4.79 Å². The van der Waals surface area contributed by atoms with Gasteiger partial charge in [-0.25, -0.2) is 0 Å². The molecule has 1 fully saturated rings. The molecule has 28 heavy (non-hydrogen) atoms. The van der Waals surface area contributed by atoms with Gasteiger partial charge in [0.1, 0.15) is 5.75 Å². The second-order valence-electron chi connectivity index (χ2n) is 6.69. The molecular formula is C21H27ClN2O4. The summed E-state index contributed by atoms with van der Waals surface area (Å²) in [6, 6.07) is 14.8. The highest BCUT2D eigenvalue weighted by Gasteiger charge is 2.39. The van der Waals surface area contributed by atoms with Crippen LogP contribution in [0, 0.1) is 5.41 Å². The molecule has 1 aliphatic rings. The number of ether oxygens (including phenoxy) is 3. The van der Waals surface area contributed by atoms with Gasteiger partial charge < -0.3 is 24.8 Å². The normalized spacial score (nSPS) is 15.2. The summed E-state index contributed by atoms with van der Waals surface area (Å²) in [5.41, 5.74) is 0.258. The van der Waals surface area contributed by atoms with Gasteiger partial charge in [-0.15, -0.1) is 12.4 Å². The van der Waals surface area contributed by atoms with Crippen molar-refractivity contribution in [3.63, 3.8) is 0 Å². The molecule has 7 heteroatoms. The standard InChI is InChI=1S/C21H26N2O4.ClH/c1-25-15-21(11-13-22-14-12-21)20(24)23-16-7-9-17(10-8-16)27-19-6-4-3-5-18(19)26-2;/h3-10,22H,11-15H2,1-2H3,(H,23,24);1H. The fourth-order valence-electron chi connectivity index (χ4n) is 3.32. The van der Waals surface area contributed by atoms with Crippen LogP contribution in [0.1, 0.15) is 12.8 Å². The lowest BCUT2D eigenvalue weighted by Crippen LogP contribution is -2.47. The highest BCUT2D eigenvalue weighted by molar-refractivity contribution is 5.95. The Morgan fingerprint density at radius 3 is 2.29 bits per heavy atom. The Morgan fingerprint density at radius 1 is 1.04 bits per heavy atom. The Labute approximate surface area is 172 Å². The maximum atomic E-state index is 12.9. The van der Waals surface area contributed by atoms with Crippen LogP contribution in [0.4, 0.5) is 5.69 Å². The monoisotopic (exact) mass is 406 g/mol. The second kappa shape index (κ2) is 10.3. The minimum atomic E-state index is -0.480. The van der Waals surface area contributed by atoms with E-state index in [2.05, 4.69) is 10.6 Å². The first-order chi connectivity index (χ1) is 13.2. The number of hydrogen-bond donors (Lipinski definition) is 2. The largest absolute Gasteiger partial charge is 0.493 e. The van der Waals surface area contributed by atoms with E-state index in [0.29, 0.717) is 23.9 Å². The van der Waals surface area contributed by atoms with Crippen molar-refractivity contribution < 1.29 is 19.0 Å². The second-order valence-corrected chi connectivity index (χ2v) is 6.69. The molecule has 0 bridgehead atoms. The van der Waals surface area contributed by atoms with Gasteiger partial charge >= 0.3 is 0 Å². The van der Waals surface area contributed by atoms with Crippen molar-refractivity contribution >= 4 is 24.0 Å². The molecule has 0 aliphatic carbocycles. The van der Waals surface area contributed by atoms with E-state index in [-0.39, 0.29) is 18.3 Å². The highest BCUT2D eigenvalue weighted by atomic mass is 35.5. The fraction of sp³-hybridized carbons (Fsp3) is 0.381. The molecule has 0 aromatic heterocycles. The molecule has 0 saturated carbocycles. The van der Waals surface area contributed by atoms with Gasteiger partial charge in [0.2, 0.25) is 5.91 Å². The predicted molar refractivity (Wildman–Crippen MR) is 112 cm³/mol. The van der Waals surface area contributed by atoms with Crippen molar-refractivity contribution in [2.75, 3.05) is 39.2 Å². The Hall–Kier alpha value is -2.28. The van der Waals surface area contributed by atoms with Crippen LogP contribution in [0.25, 0.3) is 0 Å². The van der Waals surface area contributed by atoms with Crippen molar-refractivity contribution in [3.05, 3.63) is 48.5 Å². The molecule has 3 rings (SSSR count). The molecule has 2 N–H and O–H groups in total. The van der Waals surface area contributed by atoms with Crippen molar-refractivity contribution in [1.29, 1.82) is 0 Å². The number of benzene rings is 2. The third kappa shape index (κ3) is 5.16. The Kier molecular flexibility index (Phi) is 8.11. The third-order valence-corrected chi connectivity index (χ3v) is 4.87.